The van der Waals surface area contributed by atoms with Gasteiger partial charge in [-0.2, -0.15) is 0 Å². The van der Waals surface area contributed by atoms with E-state index in [9.17, 15) is 4.79 Å². The molecule has 0 aliphatic heterocycles. The van der Waals surface area contributed by atoms with E-state index in [-0.39, 0.29) is 23.9 Å². The predicted molar refractivity (Wildman–Crippen MR) is 68.4 cm³/mol. The van der Waals surface area contributed by atoms with Crippen molar-refractivity contribution in [1.29, 1.82) is 0 Å². The molecule has 1 aromatic heterocycles. The Hall–Kier alpha value is -1.00. The molecule has 4 nitrogen and oxygen atoms in total. The third-order valence-electron chi connectivity index (χ3n) is 3.40. The van der Waals surface area contributed by atoms with Crippen LogP contribution >= 0.6 is 12.4 Å². The Labute approximate surface area is 107 Å². The molecular formula is C12H19ClN2O2. The van der Waals surface area contributed by atoms with Gasteiger partial charge in [0.2, 0.25) is 0 Å². The molecule has 0 bridgehead atoms. The Morgan fingerprint density at radius 1 is 1.53 bits per heavy atom. The van der Waals surface area contributed by atoms with Crippen LogP contribution in [-0.2, 0) is 0 Å². The molecule has 3 N–H and O–H groups in total. The zero-order chi connectivity index (χ0) is 11.6. The molecule has 1 aromatic rings. The summed E-state index contributed by atoms with van der Waals surface area (Å²) in [5.41, 5.74) is 6.41. The first-order valence-electron chi connectivity index (χ1n) is 5.73. The van der Waals surface area contributed by atoms with E-state index in [1.54, 1.807) is 6.07 Å². The zero-order valence-corrected chi connectivity index (χ0v) is 10.8. The lowest BCUT2D eigenvalue weighted by Crippen LogP contribution is -2.51. The van der Waals surface area contributed by atoms with Crippen molar-refractivity contribution < 1.29 is 9.21 Å². The van der Waals surface area contributed by atoms with Crippen molar-refractivity contribution in [2.24, 2.45) is 5.73 Å². The number of amides is 1. The smallest absolute Gasteiger partial charge is 0.287 e. The quantitative estimate of drug-likeness (QED) is 0.872. The molecule has 1 fully saturated rings. The molecule has 0 radical (unpaired) electrons. The van der Waals surface area contributed by atoms with E-state index in [2.05, 4.69) is 5.32 Å². The summed E-state index contributed by atoms with van der Waals surface area (Å²) >= 11 is 0. The van der Waals surface area contributed by atoms with Crippen LogP contribution in [-0.4, -0.2) is 18.0 Å². The highest BCUT2D eigenvalue weighted by Crippen LogP contribution is 2.29. The summed E-state index contributed by atoms with van der Waals surface area (Å²) in [4.78, 5) is 12.0. The zero-order valence-electron chi connectivity index (χ0n) is 9.99. The van der Waals surface area contributed by atoms with Gasteiger partial charge in [0.05, 0.1) is 11.8 Å². The van der Waals surface area contributed by atoms with Crippen molar-refractivity contribution in [1.82, 2.24) is 5.32 Å². The molecule has 0 spiro atoms. The minimum Gasteiger partial charge on any atom is -0.459 e. The van der Waals surface area contributed by atoms with Crippen molar-refractivity contribution in [3.63, 3.8) is 0 Å². The first-order valence-corrected chi connectivity index (χ1v) is 5.73. The van der Waals surface area contributed by atoms with Gasteiger partial charge in [-0.3, -0.25) is 4.79 Å². The number of carbonyl (C=O) groups is 1. The minimum atomic E-state index is -0.212. The molecule has 1 aliphatic rings. The lowest BCUT2D eigenvalue weighted by molar-refractivity contribution is 0.0873. The number of hydrogen-bond donors (Lipinski definition) is 2. The Morgan fingerprint density at radius 2 is 2.18 bits per heavy atom. The lowest BCUT2D eigenvalue weighted by Gasteiger charge is -2.28. The summed E-state index contributed by atoms with van der Waals surface area (Å²) < 4.78 is 5.17. The Morgan fingerprint density at radius 3 is 2.65 bits per heavy atom. The molecule has 1 heterocycles. The highest BCUT2D eigenvalue weighted by atomic mass is 35.5. The van der Waals surface area contributed by atoms with Gasteiger partial charge in [-0.1, -0.05) is 12.8 Å². The SMILES string of the molecule is Cc1ccoc1C(=O)NC1(CN)CCCC1.Cl. The Balaban J connectivity index is 0.00000144. The van der Waals surface area contributed by atoms with Gasteiger partial charge in [-0.25, -0.2) is 0 Å². The number of nitrogens with one attached hydrogen (secondary N) is 1. The summed E-state index contributed by atoms with van der Waals surface area (Å²) in [6.45, 7) is 2.36. The van der Waals surface area contributed by atoms with Gasteiger partial charge < -0.3 is 15.5 Å². The van der Waals surface area contributed by atoms with Crippen LogP contribution in [0.25, 0.3) is 0 Å². The average molecular weight is 259 g/mol. The van der Waals surface area contributed by atoms with E-state index in [1.165, 1.54) is 6.26 Å². The lowest BCUT2D eigenvalue weighted by atomic mass is 9.97. The second kappa shape index (κ2) is 5.56. The maximum Gasteiger partial charge on any atom is 0.287 e. The molecule has 0 atom stereocenters. The molecule has 17 heavy (non-hydrogen) atoms. The second-order valence-electron chi connectivity index (χ2n) is 4.58. The second-order valence-corrected chi connectivity index (χ2v) is 4.58. The summed E-state index contributed by atoms with van der Waals surface area (Å²) in [6, 6.07) is 1.79. The van der Waals surface area contributed by atoms with Crippen LogP contribution in [0.1, 0.15) is 41.8 Å². The topological polar surface area (TPSA) is 68.3 Å². The number of halogens is 1. The van der Waals surface area contributed by atoms with Crippen LogP contribution in [0.5, 0.6) is 0 Å². The largest absolute Gasteiger partial charge is 0.459 e. The van der Waals surface area contributed by atoms with Crippen molar-refractivity contribution in [2.45, 2.75) is 38.1 Å². The number of rotatable bonds is 3. The van der Waals surface area contributed by atoms with Gasteiger partial charge in [0.25, 0.3) is 5.91 Å². The molecule has 2 rings (SSSR count). The third-order valence-corrected chi connectivity index (χ3v) is 3.40. The predicted octanol–water partition coefficient (Wildman–Crippen LogP) is 2.01. The van der Waals surface area contributed by atoms with Crippen molar-refractivity contribution >= 4 is 18.3 Å². The fourth-order valence-corrected chi connectivity index (χ4v) is 2.33. The molecule has 0 saturated heterocycles. The Bertz CT molecular complexity index is 384. The van der Waals surface area contributed by atoms with Crippen molar-refractivity contribution in [3.05, 3.63) is 23.7 Å². The molecular weight excluding hydrogens is 240 g/mol. The summed E-state index contributed by atoms with van der Waals surface area (Å²) in [6.07, 6.45) is 5.74. The maximum absolute atomic E-state index is 12.0. The molecule has 1 aliphatic carbocycles. The van der Waals surface area contributed by atoms with Crippen molar-refractivity contribution in [3.8, 4) is 0 Å². The molecule has 96 valence electrons. The van der Waals surface area contributed by atoms with Gasteiger partial charge in [0, 0.05) is 12.1 Å². The normalized spacial score (nSPS) is 17.5. The Kier molecular flexibility index (Phi) is 4.60. The van der Waals surface area contributed by atoms with Gasteiger partial charge in [0.15, 0.2) is 5.76 Å². The van der Waals surface area contributed by atoms with E-state index >= 15 is 0 Å². The average Bonchev–Trinajstić information content (AvgIpc) is 2.87. The van der Waals surface area contributed by atoms with Crippen LogP contribution in [0.2, 0.25) is 0 Å². The first-order chi connectivity index (χ1) is 7.67. The van der Waals surface area contributed by atoms with E-state index in [0.717, 1.165) is 31.2 Å². The summed E-state index contributed by atoms with van der Waals surface area (Å²) in [7, 11) is 0. The molecule has 1 amide bonds. The first kappa shape index (κ1) is 14.1. The van der Waals surface area contributed by atoms with E-state index in [1.807, 2.05) is 6.92 Å². The third kappa shape index (κ3) is 2.82. The maximum atomic E-state index is 12.0. The summed E-state index contributed by atoms with van der Waals surface area (Å²) in [5.74, 6) is 0.259. The number of furan rings is 1. The van der Waals surface area contributed by atoms with E-state index in [4.69, 9.17) is 10.2 Å². The fourth-order valence-electron chi connectivity index (χ4n) is 2.33. The molecule has 1 saturated carbocycles. The van der Waals surface area contributed by atoms with Crippen LogP contribution in [0.3, 0.4) is 0 Å². The van der Waals surface area contributed by atoms with E-state index in [0.29, 0.717) is 12.3 Å². The number of nitrogens with two attached hydrogens (primary N) is 1. The molecule has 0 unspecified atom stereocenters. The van der Waals surface area contributed by atoms with Crippen LogP contribution in [0.15, 0.2) is 16.7 Å². The van der Waals surface area contributed by atoms with Crippen LogP contribution in [0.4, 0.5) is 0 Å². The van der Waals surface area contributed by atoms with Gasteiger partial charge in [-0.05, 0) is 25.8 Å². The van der Waals surface area contributed by atoms with Gasteiger partial charge in [0.1, 0.15) is 0 Å². The summed E-state index contributed by atoms with van der Waals surface area (Å²) in [5, 5.41) is 3.03. The highest BCUT2D eigenvalue weighted by Gasteiger charge is 2.34. The van der Waals surface area contributed by atoms with Crippen molar-refractivity contribution in [2.75, 3.05) is 6.54 Å². The van der Waals surface area contributed by atoms with Crippen LogP contribution < -0.4 is 11.1 Å². The molecule has 0 aromatic carbocycles. The highest BCUT2D eigenvalue weighted by molar-refractivity contribution is 5.93. The molecule has 5 heteroatoms. The number of aryl methyl sites for hydroxylation is 1. The minimum absolute atomic E-state index is 0. The van der Waals surface area contributed by atoms with Gasteiger partial charge in [-0.15, -0.1) is 12.4 Å². The monoisotopic (exact) mass is 258 g/mol. The van der Waals surface area contributed by atoms with Crippen LogP contribution in [0, 0.1) is 6.92 Å². The number of carbonyl (C=O) groups excluding carboxylic acids is 1. The number of hydrogen-bond acceptors (Lipinski definition) is 3. The standard InChI is InChI=1S/C12H18N2O2.ClH/c1-9-4-7-16-10(9)11(15)14-12(8-13)5-2-3-6-12;/h4,7H,2-3,5-6,8,13H2,1H3,(H,14,15);1H. The van der Waals surface area contributed by atoms with E-state index < -0.39 is 0 Å². The van der Waals surface area contributed by atoms with Gasteiger partial charge >= 0.3 is 0 Å². The fraction of sp³-hybridized carbons (Fsp3) is 0.583.